The van der Waals surface area contributed by atoms with Crippen LogP contribution in [0.1, 0.15) is 26.2 Å². The van der Waals surface area contributed by atoms with Crippen LogP contribution in [0.2, 0.25) is 0 Å². The Kier molecular flexibility index (Phi) is 3.56. The Bertz CT molecular complexity index is 340. The molecule has 0 aromatic carbocycles. The van der Waals surface area contributed by atoms with E-state index < -0.39 is 9.84 Å². The maximum absolute atomic E-state index is 11.7. The van der Waals surface area contributed by atoms with E-state index in [0.29, 0.717) is 17.8 Å². The number of sulfone groups is 1. The second-order valence-electron chi connectivity index (χ2n) is 4.99. The largest absolute Gasteiger partial charge is 0.317 e. The number of hydrogen-bond donors (Lipinski definition) is 1. The highest BCUT2D eigenvalue weighted by molar-refractivity contribution is 7.91. The van der Waals surface area contributed by atoms with E-state index in [2.05, 4.69) is 10.2 Å². The lowest BCUT2D eigenvalue weighted by molar-refractivity contribution is -0.000664. The summed E-state index contributed by atoms with van der Waals surface area (Å²) in [5.41, 5.74) is 0. The molecule has 2 aliphatic heterocycles. The second kappa shape index (κ2) is 4.63. The average Bonchev–Trinajstić information content (AvgIpc) is 2.20. The van der Waals surface area contributed by atoms with Gasteiger partial charge in [0.25, 0.3) is 0 Å². The summed E-state index contributed by atoms with van der Waals surface area (Å²) >= 11 is 0. The molecule has 0 spiro atoms. The molecule has 0 unspecified atom stereocenters. The minimum absolute atomic E-state index is 0.245. The van der Waals surface area contributed by atoms with Crippen LogP contribution in [-0.4, -0.2) is 56.5 Å². The van der Waals surface area contributed by atoms with Crippen molar-refractivity contribution in [3.05, 3.63) is 0 Å². The first kappa shape index (κ1) is 12.3. The first-order valence-corrected chi connectivity index (χ1v) is 8.01. The van der Waals surface area contributed by atoms with Gasteiger partial charge >= 0.3 is 0 Å². The lowest BCUT2D eigenvalue weighted by Gasteiger charge is -2.52. The summed E-state index contributed by atoms with van der Waals surface area (Å²) in [7, 11) is -0.866. The van der Waals surface area contributed by atoms with Crippen LogP contribution < -0.4 is 5.32 Å². The number of piperidine rings is 1. The van der Waals surface area contributed by atoms with Crippen molar-refractivity contribution in [1.82, 2.24) is 10.2 Å². The molecule has 16 heavy (non-hydrogen) atoms. The molecule has 0 amide bonds. The Morgan fingerprint density at radius 2 is 2.12 bits per heavy atom. The highest BCUT2D eigenvalue weighted by Gasteiger charge is 2.41. The molecule has 3 atom stereocenters. The van der Waals surface area contributed by atoms with Crippen LogP contribution in [0, 0.1) is 0 Å². The van der Waals surface area contributed by atoms with Crippen molar-refractivity contribution in [3.8, 4) is 0 Å². The fourth-order valence-electron chi connectivity index (χ4n) is 2.89. The summed E-state index contributed by atoms with van der Waals surface area (Å²) in [5, 5.41) is 3.30. The number of nitrogens with zero attached hydrogens (tertiary/aromatic N) is 1. The first-order chi connectivity index (χ1) is 7.55. The Labute approximate surface area is 98.3 Å². The van der Waals surface area contributed by atoms with E-state index in [1.54, 1.807) is 6.92 Å². The normalized spacial score (nSPS) is 35.5. The minimum atomic E-state index is -2.84. The molecule has 4 nitrogen and oxygen atoms in total. The zero-order valence-corrected chi connectivity index (χ0v) is 11.0. The van der Waals surface area contributed by atoms with Crippen molar-refractivity contribution in [2.45, 2.75) is 44.3 Å². The molecule has 2 aliphatic rings. The maximum atomic E-state index is 11.7. The van der Waals surface area contributed by atoms with Crippen molar-refractivity contribution in [3.63, 3.8) is 0 Å². The second-order valence-corrected chi connectivity index (χ2v) is 7.39. The first-order valence-electron chi connectivity index (χ1n) is 6.19. The highest BCUT2D eigenvalue weighted by atomic mass is 32.2. The van der Waals surface area contributed by atoms with Crippen LogP contribution in [0.3, 0.4) is 0 Å². The molecule has 0 radical (unpaired) electrons. The fraction of sp³-hybridized carbons (Fsp3) is 1.00. The van der Waals surface area contributed by atoms with Crippen LogP contribution in [0.15, 0.2) is 0 Å². The lowest BCUT2D eigenvalue weighted by atomic mass is 9.85. The van der Waals surface area contributed by atoms with Crippen molar-refractivity contribution < 1.29 is 8.42 Å². The summed E-state index contributed by atoms with van der Waals surface area (Å²) in [6.45, 7) is 2.83. The van der Waals surface area contributed by atoms with Crippen molar-refractivity contribution in [2.75, 3.05) is 25.1 Å². The van der Waals surface area contributed by atoms with E-state index >= 15 is 0 Å². The van der Waals surface area contributed by atoms with Crippen LogP contribution in [0.4, 0.5) is 0 Å². The van der Waals surface area contributed by atoms with Gasteiger partial charge in [-0.25, -0.2) is 8.42 Å². The molecule has 2 saturated heterocycles. The van der Waals surface area contributed by atoms with E-state index in [9.17, 15) is 8.42 Å². The van der Waals surface area contributed by atoms with E-state index in [1.807, 2.05) is 7.05 Å². The summed E-state index contributed by atoms with van der Waals surface area (Å²) < 4.78 is 23.4. The predicted molar refractivity (Wildman–Crippen MR) is 65.3 cm³/mol. The zero-order chi connectivity index (χ0) is 11.8. The topological polar surface area (TPSA) is 49.4 Å². The van der Waals surface area contributed by atoms with E-state index in [1.165, 1.54) is 12.8 Å². The van der Waals surface area contributed by atoms with E-state index in [0.717, 1.165) is 13.0 Å². The Hall–Kier alpha value is -0.130. The van der Waals surface area contributed by atoms with Gasteiger partial charge in [-0.2, -0.15) is 0 Å². The van der Waals surface area contributed by atoms with Crippen molar-refractivity contribution in [2.24, 2.45) is 0 Å². The highest BCUT2D eigenvalue weighted by Crippen LogP contribution is 2.32. The summed E-state index contributed by atoms with van der Waals surface area (Å²) in [6, 6.07) is 1.37. The van der Waals surface area contributed by atoms with E-state index in [4.69, 9.17) is 0 Å². The summed E-state index contributed by atoms with van der Waals surface area (Å²) in [6.07, 6.45) is 3.40. The van der Waals surface area contributed by atoms with E-state index in [-0.39, 0.29) is 11.8 Å². The average molecular weight is 246 g/mol. The van der Waals surface area contributed by atoms with Gasteiger partial charge in [-0.1, -0.05) is 6.92 Å². The molecule has 5 heteroatoms. The van der Waals surface area contributed by atoms with Gasteiger partial charge in [0.2, 0.25) is 0 Å². The third-order valence-corrected chi connectivity index (χ3v) is 5.84. The number of hydrogen-bond acceptors (Lipinski definition) is 4. The van der Waals surface area contributed by atoms with Gasteiger partial charge in [0.05, 0.1) is 5.75 Å². The summed E-state index contributed by atoms with van der Waals surface area (Å²) in [4.78, 5) is 2.39. The predicted octanol–water partition coefficient (Wildman–Crippen LogP) is 0.246. The van der Waals surface area contributed by atoms with Gasteiger partial charge in [-0.15, -0.1) is 0 Å². The minimum Gasteiger partial charge on any atom is -0.317 e. The van der Waals surface area contributed by atoms with Crippen molar-refractivity contribution >= 4 is 9.84 Å². The molecule has 0 aromatic rings. The van der Waals surface area contributed by atoms with Crippen LogP contribution >= 0.6 is 0 Å². The lowest BCUT2D eigenvalue weighted by Crippen LogP contribution is -2.62. The fourth-order valence-corrected chi connectivity index (χ4v) is 4.04. The van der Waals surface area contributed by atoms with Gasteiger partial charge < -0.3 is 5.32 Å². The molecule has 94 valence electrons. The molecule has 1 N–H and O–H groups in total. The molecular formula is C11H22N2O2S. The zero-order valence-electron chi connectivity index (χ0n) is 10.1. The summed E-state index contributed by atoms with van der Waals surface area (Å²) in [5.74, 6) is 0.615. The molecule has 2 rings (SSSR count). The number of rotatable bonds is 4. The van der Waals surface area contributed by atoms with Crippen LogP contribution in [0.5, 0.6) is 0 Å². The SMILES string of the molecule is CCS(=O)(=O)C[C@@H]1C[C@@H](NC)C[C@@H]2CCN21. The molecule has 2 fully saturated rings. The Morgan fingerprint density at radius 3 is 2.62 bits per heavy atom. The molecule has 2 heterocycles. The Balaban J connectivity index is 2.02. The van der Waals surface area contributed by atoms with Crippen molar-refractivity contribution in [1.29, 1.82) is 0 Å². The van der Waals surface area contributed by atoms with Crippen LogP contribution in [-0.2, 0) is 9.84 Å². The third kappa shape index (κ3) is 2.41. The molecule has 0 aromatic heterocycles. The standard InChI is InChI=1S/C11H22N2O2S/c1-3-16(14,15)8-11-7-9(12-2)6-10-4-5-13(10)11/h9-12H,3-8H2,1-2H3/t9-,10-,11-/m0/s1. The van der Waals surface area contributed by atoms with Gasteiger partial charge in [0, 0.05) is 30.4 Å². The quantitative estimate of drug-likeness (QED) is 0.772. The van der Waals surface area contributed by atoms with Gasteiger partial charge in [-0.05, 0) is 26.3 Å². The number of nitrogens with one attached hydrogen (secondary N) is 1. The molecular weight excluding hydrogens is 224 g/mol. The molecule has 0 saturated carbocycles. The van der Waals surface area contributed by atoms with Crippen LogP contribution in [0.25, 0.3) is 0 Å². The smallest absolute Gasteiger partial charge is 0.151 e. The van der Waals surface area contributed by atoms with Gasteiger partial charge in [-0.3, -0.25) is 4.90 Å². The monoisotopic (exact) mass is 246 g/mol. The molecule has 0 aliphatic carbocycles. The Morgan fingerprint density at radius 1 is 1.38 bits per heavy atom. The maximum Gasteiger partial charge on any atom is 0.151 e. The number of fused-ring (bicyclic) bond motifs is 1. The molecule has 0 bridgehead atoms. The van der Waals surface area contributed by atoms with Gasteiger partial charge in [0.1, 0.15) is 0 Å². The van der Waals surface area contributed by atoms with Gasteiger partial charge in [0.15, 0.2) is 9.84 Å². The third-order valence-electron chi connectivity index (χ3n) is 4.07.